The van der Waals surface area contributed by atoms with Crippen LogP contribution in [0.1, 0.15) is 78.1 Å². The minimum atomic E-state index is 0.890. The zero-order chi connectivity index (χ0) is 12.9. The molecule has 1 heteroatoms. The van der Waals surface area contributed by atoms with Crippen molar-refractivity contribution in [2.45, 2.75) is 78.1 Å². The zero-order valence-corrected chi connectivity index (χ0v) is 11.9. The van der Waals surface area contributed by atoms with E-state index in [2.05, 4.69) is 27.0 Å². The van der Waals surface area contributed by atoms with Crippen LogP contribution in [0, 0.1) is 0 Å². The van der Waals surface area contributed by atoms with Gasteiger partial charge in [0.15, 0.2) is 0 Å². The maximum absolute atomic E-state index is 5.62. The summed E-state index contributed by atoms with van der Waals surface area (Å²) in [5.41, 5.74) is 0. The molecule has 0 rings (SSSR count). The molecule has 0 heterocycles. The van der Waals surface area contributed by atoms with E-state index in [1.807, 2.05) is 0 Å². The molecule has 100 valence electrons. The molecule has 0 aliphatic rings. The molecule has 0 aliphatic carbocycles. The highest BCUT2D eigenvalue weighted by molar-refractivity contribution is 4.93. The highest BCUT2D eigenvalue weighted by Crippen LogP contribution is 2.16. The van der Waals surface area contributed by atoms with E-state index in [9.17, 15) is 0 Å². The van der Waals surface area contributed by atoms with Crippen molar-refractivity contribution < 1.29 is 4.74 Å². The fraction of sp³-hybridized carbons (Fsp3) is 0.750. The van der Waals surface area contributed by atoms with E-state index >= 15 is 0 Å². The van der Waals surface area contributed by atoms with Crippen molar-refractivity contribution in [3.63, 3.8) is 0 Å². The summed E-state index contributed by atoms with van der Waals surface area (Å²) >= 11 is 0. The first-order valence-corrected chi connectivity index (χ1v) is 7.24. The Morgan fingerprint density at radius 3 is 1.47 bits per heavy atom. The SMILES string of the molecule is C=C(CCCCCC)OC(=C)CCCCCC. The minimum absolute atomic E-state index is 0.890. The Labute approximate surface area is 108 Å². The standard InChI is InChI=1S/C16H30O/c1-5-7-9-11-13-15(3)17-16(4)14-12-10-8-6-2/h3-14H2,1-2H3. The van der Waals surface area contributed by atoms with Gasteiger partial charge in [-0.15, -0.1) is 0 Å². The molecule has 0 spiro atoms. The van der Waals surface area contributed by atoms with E-state index in [-0.39, 0.29) is 0 Å². The van der Waals surface area contributed by atoms with Crippen molar-refractivity contribution in [1.29, 1.82) is 0 Å². The highest BCUT2D eigenvalue weighted by atomic mass is 16.5. The van der Waals surface area contributed by atoms with Gasteiger partial charge in [-0.05, 0) is 12.8 Å². The molecule has 17 heavy (non-hydrogen) atoms. The van der Waals surface area contributed by atoms with Crippen LogP contribution in [-0.4, -0.2) is 0 Å². The lowest BCUT2D eigenvalue weighted by atomic mass is 10.1. The molecular weight excluding hydrogens is 208 g/mol. The van der Waals surface area contributed by atoms with Gasteiger partial charge in [0.25, 0.3) is 0 Å². The second kappa shape index (κ2) is 11.8. The van der Waals surface area contributed by atoms with Crippen LogP contribution in [0.4, 0.5) is 0 Å². The molecule has 0 amide bonds. The summed E-state index contributed by atoms with van der Waals surface area (Å²) in [6, 6.07) is 0. The first-order chi connectivity index (χ1) is 8.20. The highest BCUT2D eigenvalue weighted by Gasteiger charge is 2.00. The predicted octanol–water partition coefficient (Wildman–Crippen LogP) is 5.97. The average molecular weight is 238 g/mol. The van der Waals surface area contributed by atoms with Crippen LogP contribution in [-0.2, 0) is 4.74 Å². The summed E-state index contributed by atoms with van der Waals surface area (Å²) in [5.74, 6) is 1.78. The van der Waals surface area contributed by atoms with E-state index in [4.69, 9.17) is 4.74 Å². The predicted molar refractivity (Wildman–Crippen MR) is 76.9 cm³/mol. The van der Waals surface area contributed by atoms with Gasteiger partial charge in [0.1, 0.15) is 0 Å². The zero-order valence-electron chi connectivity index (χ0n) is 11.9. The lowest BCUT2D eigenvalue weighted by Gasteiger charge is -2.11. The Morgan fingerprint density at radius 2 is 1.12 bits per heavy atom. The summed E-state index contributed by atoms with van der Waals surface area (Å²) in [7, 11) is 0. The summed E-state index contributed by atoms with van der Waals surface area (Å²) in [4.78, 5) is 0. The molecule has 0 bridgehead atoms. The van der Waals surface area contributed by atoms with E-state index < -0.39 is 0 Å². The summed E-state index contributed by atoms with van der Waals surface area (Å²) in [6.45, 7) is 12.4. The van der Waals surface area contributed by atoms with Gasteiger partial charge in [-0.25, -0.2) is 0 Å². The van der Waals surface area contributed by atoms with E-state index in [1.54, 1.807) is 0 Å². The smallest absolute Gasteiger partial charge is 0.0964 e. The van der Waals surface area contributed by atoms with Crippen molar-refractivity contribution >= 4 is 0 Å². The fourth-order valence-electron chi connectivity index (χ4n) is 1.80. The van der Waals surface area contributed by atoms with Crippen LogP contribution < -0.4 is 0 Å². The Kier molecular flexibility index (Phi) is 11.3. The molecule has 1 nitrogen and oxygen atoms in total. The molecule has 0 fully saturated rings. The molecule has 0 unspecified atom stereocenters. The molecule has 0 atom stereocenters. The fourth-order valence-corrected chi connectivity index (χ4v) is 1.80. The van der Waals surface area contributed by atoms with Crippen LogP contribution >= 0.6 is 0 Å². The normalized spacial score (nSPS) is 10.2. The van der Waals surface area contributed by atoms with Gasteiger partial charge in [-0.1, -0.05) is 65.5 Å². The molecule has 0 aromatic carbocycles. The Morgan fingerprint density at radius 1 is 0.706 bits per heavy atom. The average Bonchev–Trinajstić information content (AvgIpc) is 2.30. The molecule has 0 N–H and O–H groups in total. The molecule has 0 saturated heterocycles. The topological polar surface area (TPSA) is 9.23 Å². The van der Waals surface area contributed by atoms with E-state index in [0.29, 0.717) is 0 Å². The molecule has 0 saturated carbocycles. The van der Waals surface area contributed by atoms with E-state index in [0.717, 1.165) is 24.4 Å². The molecule has 0 aromatic heterocycles. The Hall–Kier alpha value is -0.720. The third-order valence-electron chi connectivity index (χ3n) is 2.91. The van der Waals surface area contributed by atoms with Crippen LogP contribution in [0.25, 0.3) is 0 Å². The van der Waals surface area contributed by atoms with Crippen molar-refractivity contribution in [3.8, 4) is 0 Å². The Bertz CT molecular complexity index is 184. The Balaban J connectivity index is 3.42. The molecular formula is C16H30O. The number of ether oxygens (including phenoxy) is 1. The van der Waals surface area contributed by atoms with Gasteiger partial charge in [0, 0.05) is 12.8 Å². The largest absolute Gasteiger partial charge is 0.467 e. The minimum Gasteiger partial charge on any atom is -0.467 e. The first kappa shape index (κ1) is 16.3. The van der Waals surface area contributed by atoms with Gasteiger partial charge >= 0.3 is 0 Å². The summed E-state index contributed by atoms with van der Waals surface area (Å²) < 4.78 is 5.62. The van der Waals surface area contributed by atoms with Crippen LogP contribution in [0.15, 0.2) is 24.7 Å². The number of rotatable bonds is 12. The van der Waals surface area contributed by atoms with Gasteiger partial charge in [-0.3, -0.25) is 0 Å². The van der Waals surface area contributed by atoms with Gasteiger partial charge in [-0.2, -0.15) is 0 Å². The summed E-state index contributed by atoms with van der Waals surface area (Å²) in [6.07, 6.45) is 12.1. The first-order valence-electron chi connectivity index (χ1n) is 7.24. The lowest BCUT2D eigenvalue weighted by molar-refractivity contribution is 0.274. The number of unbranched alkanes of at least 4 members (excludes halogenated alkanes) is 6. The second-order valence-corrected chi connectivity index (χ2v) is 4.80. The summed E-state index contributed by atoms with van der Waals surface area (Å²) in [5, 5.41) is 0. The van der Waals surface area contributed by atoms with Crippen LogP contribution in [0.3, 0.4) is 0 Å². The van der Waals surface area contributed by atoms with Gasteiger partial charge in [0.05, 0.1) is 11.5 Å². The molecule has 0 aromatic rings. The van der Waals surface area contributed by atoms with Crippen molar-refractivity contribution in [1.82, 2.24) is 0 Å². The van der Waals surface area contributed by atoms with Crippen molar-refractivity contribution in [3.05, 3.63) is 24.7 Å². The van der Waals surface area contributed by atoms with Gasteiger partial charge < -0.3 is 4.74 Å². The van der Waals surface area contributed by atoms with E-state index in [1.165, 1.54) is 51.4 Å². The van der Waals surface area contributed by atoms with Crippen LogP contribution in [0.2, 0.25) is 0 Å². The van der Waals surface area contributed by atoms with Crippen LogP contribution in [0.5, 0.6) is 0 Å². The monoisotopic (exact) mass is 238 g/mol. The third kappa shape index (κ3) is 11.5. The van der Waals surface area contributed by atoms with Crippen molar-refractivity contribution in [2.75, 3.05) is 0 Å². The quantitative estimate of drug-likeness (QED) is 0.300. The van der Waals surface area contributed by atoms with Gasteiger partial charge in [0.2, 0.25) is 0 Å². The number of hydrogen-bond donors (Lipinski definition) is 0. The second-order valence-electron chi connectivity index (χ2n) is 4.80. The van der Waals surface area contributed by atoms with Crippen molar-refractivity contribution in [2.24, 2.45) is 0 Å². The lowest BCUT2D eigenvalue weighted by Crippen LogP contribution is -1.92. The maximum Gasteiger partial charge on any atom is 0.0964 e. The molecule has 0 aliphatic heterocycles. The number of allylic oxidation sites excluding steroid dienone is 2. The third-order valence-corrected chi connectivity index (χ3v) is 2.91. The molecule has 0 radical (unpaired) electrons. The number of hydrogen-bond acceptors (Lipinski definition) is 1. The maximum atomic E-state index is 5.62.